The summed E-state index contributed by atoms with van der Waals surface area (Å²) in [5.41, 5.74) is 4.45. The van der Waals surface area contributed by atoms with Crippen molar-refractivity contribution in [1.82, 2.24) is 20.8 Å². The van der Waals surface area contributed by atoms with E-state index in [1.54, 1.807) is 0 Å². The van der Waals surface area contributed by atoms with Crippen molar-refractivity contribution < 1.29 is 9.32 Å². The van der Waals surface area contributed by atoms with Gasteiger partial charge in [-0.15, -0.1) is 0 Å². The number of nitrogens with one attached hydrogen (secondary N) is 2. The zero-order valence-corrected chi connectivity index (χ0v) is 14.3. The minimum Gasteiger partial charge on any atom is -0.348 e. The van der Waals surface area contributed by atoms with Gasteiger partial charge >= 0.3 is 0 Å². The third-order valence-electron chi connectivity index (χ3n) is 4.60. The second-order valence-electron chi connectivity index (χ2n) is 6.53. The molecule has 0 spiro atoms. The van der Waals surface area contributed by atoms with Crippen LogP contribution in [0.1, 0.15) is 28.0 Å². The van der Waals surface area contributed by atoms with Gasteiger partial charge in [0.15, 0.2) is 0 Å². The average Bonchev–Trinajstić information content (AvgIpc) is 3.25. The Bertz CT molecular complexity index is 924. The molecule has 1 unspecified atom stereocenters. The van der Waals surface area contributed by atoms with Crippen LogP contribution >= 0.6 is 0 Å². The smallest absolute Gasteiger partial charge is 0.259 e. The summed E-state index contributed by atoms with van der Waals surface area (Å²) in [5.74, 6) is -0.110. The number of pyridine rings is 1. The summed E-state index contributed by atoms with van der Waals surface area (Å²) in [6.45, 7) is 5.59. The minimum absolute atomic E-state index is 0.110. The Morgan fingerprint density at radius 3 is 2.80 bits per heavy atom. The number of nitrogens with zero attached hydrogens (tertiary/aromatic N) is 2. The molecule has 1 aromatic carbocycles. The fraction of sp³-hybridized carbons (Fsp3) is 0.316. The van der Waals surface area contributed by atoms with Crippen LogP contribution in [0.25, 0.3) is 22.4 Å². The number of hydrogen-bond acceptors (Lipinski definition) is 5. The van der Waals surface area contributed by atoms with Crippen molar-refractivity contribution in [1.29, 1.82) is 0 Å². The number of aromatic nitrogens is 2. The standard InChI is InChI=1S/C19H20N4O2/c1-11-3-5-13(6-4-11)16-9-15(17-12(2)23-25-19(17)22-16)18(24)21-14-7-8-20-10-14/h3-6,9,14,20H,7-8,10H2,1-2H3,(H,21,24). The lowest BCUT2D eigenvalue weighted by molar-refractivity contribution is 0.0941. The third-order valence-corrected chi connectivity index (χ3v) is 4.60. The normalized spacial score (nSPS) is 17.1. The first-order valence-corrected chi connectivity index (χ1v) is 8.47. The molecule has 128 valence electrons. The molecule has 2 aromatic heterocycles. The van der Waals surface area contributed by atoms with Crippen molar-refractivity contribution >= 4 is 17.0 Å². The highest BCUT2D eigenvalue weighted by atomic mass is 16.5. The number of carbonyl (C=O) groups is 1. The Hall–Kier alpha value is -2.73. The molecular formula is C19H20N4O2. The molecule has 1 fully saturated rings. The molecule has 0 bridgehead atoms. The topological polar surface area (TPSA) is 80.0 Å². The summed E-state index contributed by atoms with van der Waals surface area (Å²) >= 11 is 0. The molecule has 3 aromatic rings. The van der Waals surface area contributed by atoms with Crippen LogP contribution in [0.2, 0.25) is 0 Å². The van der Waals surface area contributed by atoms with Crippen LogP contribution < -0.4 is 10.6 Å². The fourth-order valence-corrected chi connectivity index (χ4v) is 3.19. The monoisotopic (exact) mass is 336 g/mol. The van der Waals surface area contributed by atoms with Crippen molar-refractivity contribution in [2.45, 2.75) is 26.3 Å². The lowest BCUT2D eigenvalue weighted by atomic mass is 10.0. The van der Waals surface area contributed by atoms with E-state index in [-0.39, 0.29) is 11.9 Å². The quantitative estimate of drug-likeness (QED) is 0.768. The lowest BCUT2D eigenvalue weighted by Gasteiger charge is -2.12. The van der Waals surface area contributed by atoms with Gasteiger partial charge in [0.05, 0.1) is 22.3 Å². The van der Waals surface area contributed by atoms with E-state index in [2.05, 4.69) is 20.8 Å². The molecule has 1 saturated heterocycles. The number of fused-ring (bicyclic) bond motifs is 1. The van der Waals surface area contributed by atoms with Gasteiger partial charge in [0.1, 0.15) is 0 Å². The maximum Gasteiger partial charge on any atom is 0.259 e. The molecule has 25 heavy (non-hydrogen) atoms. The lowest BCUT2D eigenvalue weighted by Crippen LogP contribution is -2.36. The summed E-state index contributed by atoms with van der Waals surface area (Å²) in [4.78, 5) is 17.4. The molecule has 0 aliphatic carbocycles. The van der Waals surface area contributed by atoms with Gasteiger partial charge in [0, 0.05) is 18.2 Å². The molecule has 2 N–H and O–H groups in total. The van der Waals surface area contributed by atoms with Crippen LogP contribution in [0, 0.1) is 13.8 Å². The second-order valence-corrected chi connectivity index (χ2v) is 6.53. The molecule has 1 atom stereocenters. The van der Waals surface area contributed by atoms with Crippen molar-refractivity contribution in [2.24, 2.45) is 0 Å². The second kappa shape index (κ2) is 6.29. The first kappa shape index (κ1) is 15.8. The van der Waals surface area contributed by atoms with Crippen molar-refractivity contribution in [2.75, 3.05) is 13.1 Å². The van der Waals surface area contributed by atoms with Gasteiger partial charge in [-0.3, -0.25) is 4.79 Å². The molecule has 0 saturated carbocycles. The van der Waals surface area contributed by atoms with Crippen LogP contribution in [-0.4, -0.2) is 35.2 Å². The van der Waals surface area contributed by atoms with Gasteiger partial charge < -0.3 is 15.2 Å². The van der Waals surface area contributed by atoms with E-state index in [4.69, 9.17) is 4.52 Å². The van der Waals surface area contributed by atoms with Crippen molar-refractivity contribution in [3.8, 4) is 11.3 Å². The zero-order chi connectivity index (χ0) is 17.4. The van der Waals surface area contributed by atoms with Crippen LogP contribution in [-0.2, 0) is 0 Å². The number of rotatable bonds is 3. The molecule has 0 radical (unpaired) electrons. The first-order chi connectivity index (χ1) is 12.1. The molecule has 3 heterocycles. The Labute approximate surface area is 145 Å². The van der Waals surface area contributed by atoms with Crippen LogP contribution in [0.3, 0.4) is 0 Å². The number of benzene rings is 1. The highest BCUT2D eigenvalue weighted by Crippen LogP contribution is 2.27. The van der Waals surface area contributed by atoms with Crippen LogP contribution in [0.4, 0.5) is 0 Å². The minimum atomic E-state index is -0.110. The zero-order valence-electron chi connectivity index (χ0n) is 14.3. The Balaban J connectivity index is 1.78. The van der Waals surface area contributed by atoms with Crippen LogP contribution in [0.5, 0.6) is 0 Å². The Kier molecular flexibility index (Phi) is 3.97. The van der Waals surface area contributed by atoms with E-state index in [9.17, 15) is 4.79 Å². The van der Waals surface area contributed by atoms with Crippen molar-refractivity contribution in [3.63, 3.8) is 0 Å². The molecule has 6 heteroatoms. The molecular weight excluding hydrogens is 316 g/mol. The SMILES string of the molecule is Cc1ccc(-c2cc(C(=O)NC3CCNC3)c3c(C)noc3n2)cc1. The van der Waals surface area contributed by atoms with Gasteiger partial charge in [-0.25, -0.2) is 4.98 Å². The highest BCUT2D eigenvalue weighted by Gasteiger charge is 2.22. The van der Waals surface area contributed by atoms with Crippen LogP contribution in [0.15, 0.2) is 34.9 Å². The van der Waals surface area contributed by atoms with E-state index in [0.717, 1.165) is 25.1 Å². The Morgan fingerprint density at radius 2 is 2.08 bits per heavy atom. The number of aryl methyl sites for hydroxylation is 2. The molecule has 6 nitrogen and oxygen atoms in total. The van der Waals surface area contributed by atoms with Gasteiger partial charge in [0.25, 0.3) is 11.6 Å². The fourth-order valence-electron chi connectivity index (χ4n) is 3.19. The largest absolute Gasteiger partial charge is 0.348 e. The molecule has 1 amide bonds. The summed E-state index contributed by atoms with van der Waals surface area (Å²) in [6.07, 6.45) is 0.938. The van der Waals surface area contributed by atoms with E-state index in [1.807, 2.05) is 44.2 Å². The van der Waals surface area contributed by atoms with Gasteiger partial charge in [-0.05, 0) is 32.9 Å². The van der Waals surface area contributed by atoms with E-state index in [0.29, 0.717) is 28.1 Å². The maximum absolute atomic E-state index is 12.9. The summed E-state index contributed by atoms with van der Waals surface area (Å²) in [7, 11) is 0. The molecule has 1 aliphatic rings. The summed E-state index contributed by atoms with van der Waals surface area (Å²) in [6, 6.07) is 10.0. The van der Waals surface area contributed by atoms with E-state index in [1.165, 1.54) is 5.56 Å². The number of amides is 1. The number of hydrogen-bond donors (Lipinski definition) is 2. The van der Waals surface area contributed by atoms with Gasteiger partial charge in [-0.1, -0.05) is 35.0 Å². The van der Waals surface area contributed by atoms with E-state index >= 15 is 0 Å². The molecule has 1 aliphatic heterocycles. The highest BCUT2D eigenvalue weighted by molar-refractivity contribution is 6.07. The van der Waals surface area contributed by atoms with Gasteiger partial charge in [-0.2, -0.15) is 0 Å². The first-order valence-electron chi connectivity index (χ1n) is 8.47. The van der Waals surface area contributed by atoms with Crippen molar-refractivity contribution in [3.05, 3.63) is 47.2 Å². The maximum atomic E-state index is 12.9. The summed E-state index contributed by atoms with van der Waals surface area (Å²) in [5, 5.41) is 11.0. The van der Waals surface area contributed by atoms with Gasteiger partial charge in [0.2, 0.25) is 0 Å². The average molecular weight is 336 g/mol. The predicted octanol–water partition coefficient (Wildman–Crippen LogP) is 2.60. The van der Waals surface area contributed by atoms with E-state index < -0.39 is 0 Å². The third kappa shape index (κ3) is 3.00. The predicted molar refractivity (Wildman–Crippen MR) is 95.5 cm³/mol. The number of carbonyl (C=O) groups excluding carboxylic acids is 1. The Morgan fingerprint density at radius 1 is 1.28 bits per heavy atom. The summed E-state index contributed by atoms with van der Waals surface area (Å²) < 4.78 is 5.34. The molecule has 4 rings (SSSR count).